The molecule has 0 aliphatic heterocycles. The molecule has 2 aromatic carbocycles. The van der Waals surface area contributed by atoms with Crippen LogP contribution in [0.3, 0.4) is 0 Å². The Balaban J connectivity index is 2.22. The molecule has 0 fully saturated rings. The summed E-state index contributed by atoms with van der Waals surface area (Å²) < 4.78 is 15.3. The Kier molecular flexibility index (Phi) is 7.63. The van der Waals surface area contributed by atoms with Gasteiger partial charge in [-0.05, 0) is 36.3 Å². The van der Waals surface area contributed by atoms with E-state index in [1.807, 2.05) is 31.2 Å². The molecule has 28 heavy (non-hydrogen) atoms. The van der Waals surface area contributed by atoms with Gasteiger partial charge >= 0.3 is 5.97 Å². The minimum atomic E-state index is -0.494. The Morgan fingerprint density at radius 2 is 1.57 bits per heavy atom. The van der Waals surface area contributed by atoms with E-state index in [1.165, 1.54) is 18.1 Å². The van der Waals surface area contributed by atoms with Crippen molar-refractivity contribution in [3.8, 4) is 11.5 Å². The molecule has 0 N–H and O–H groups in total. The number of carbonyl (C=O) groups is 2. The summed E-state index contributed by atoms with van der Waals surface area (Å²) in [6, 6.07) is 13.1. The van der Waals surface area contributed by atoms with Gasteiger partial charge in [-0.2, -0.15) is 0 Å². The number of ether oxygens (including phenoxy) is 3. The first kappa shape index (κ1) is 21.0. The monoisotopic (exact) mass is 383 g/mol. The first-order valence-corrected chi connectivity index (χ1v) is 8.77. The number of hydrogen-bond acceptors (Lipinski definition) is 5. The first-order chi connectivity index (χ1) is 13.4. The average Bonchev–Trinajstić information content (AvgIpc) is 2.72. The highest BCUT2D eigenvalue weighted by molar-refractivity contribution is 5.93. The van der Waals surface area contributed by atoms with Crippen LogP contribution in [0.5, 0.6) is 11.5 Å². The number of rotatable bonds is 8. The van der Waals surface area contributed by atoms with E-state index < -0.39 is 5.97 Å². The van der Waals surface area contributed by atoms with Crippen molar-refractivity contribution in [1.82, 2.24) is 4.90 Å². The Morgan fingerprint density at radius 1 is 0.964 bits per heavy atom. The van der Waals surface area contributed by atoms with Crippen LogP contribution in [0, 0.1) is 6.92 Å². The summed E-state index contributed by atoms with van der Waals surface area (Å²) in [5.41, 5.74) is 2.82. The second-order valence-electron chi connectivity index (χ2n) is 6.24. The maximum absolute atomic E-state index is 12.7. The summed E-state index contributed by atoms with van der Waals surface area (Å²) >= 11 is 0. The van der Waals surface area contributed by atoms with Crippen LogP contribution >= 0.6 is 0 Å². The zero-order valence-electron chi connectivity index (χ0n) is 16.6. The molecule has 0 spiro atoms. The van der Waals surface area contributed by atoms with Gasteiger partial charge in [-0.1, -0.05) is 29.8 Å². The van der Waals surface area contributed by atoms with Gasteiger partial charge in [0.05, 0.1) is 21.3 Å². The standard InChI is InChI=1S/C22H25NO5/c1-16-5-7-17(8-6-16)9-10-21(24)23(15-22(25)28-4)14-18-11-19(26-2)13-20(12-18)27-3/h5-13H,14-15H2,1-4H3/b10-9+. The molecule has 0 aromatic heterocycles. The van der Waals surface area contributed by atoms with E-state index in [2.05, 4.69) is 0 Å². The van der Waals surface area contributed by atoms with Gasteiger partial charge in [0.2, 0.25) is 5.91 Å². The Labute approximate surface area is 165 Å². The highest BCUT2D eigenvalue weighted by Gasteiger charge is 2.17. The molecule has 0 aliphatic carbocycles. The van der Waals surface area contributed by atoms with Crippen molar-refractivity contribution in [1.29, 1.82) is 0 Å². The van der Waals surface area contributed by atoms with E-state index in [-0.39, 0.29) is 19.0 Å². The molecule has 0 saturated carbocycles. The van der Waals surface area contributed by atoms with Crippen molar-refractivity contribution in [2.45, 2.75) is 13.5 Å². The molecule has 6 heteroatoms. The summed E-state index contributed by atoms with van der Waals surface area (Å²) in [7, 11) is 4.40. The summed E-state index contributed by atoms with van der Waals surface area (Å²) in [5.74, 6) is 0.421. The van der Waals surface area contributed by atoms with Crippen LogP contribution in [-0.2, 0) is 20.9 Å². The van der Waals surface area contributed by atoms with Crippen molar-refractivity contribution in [3.63, 3.8) is 0 Å². The fraction of sp³-hybridized carbons (Fsp3) is 0.273. The van der Waals surface area contributed by atoms with Crippen molar-refractivity contribution in [2.24, 2.45) is 0 Å². The number of hydrogen-bond donors (Lipinski definition) is 0. The molecular formula is C22H25NO5. The maximum Gasteiger partial charge on any atom is 0.325 e. The third-order valence-corrected chi connectivity index (χ3v) is 4.14. The van der Waals surface area contributed by atoms with Crippen molar-refractivity contribution < 1.29 is 23.8 Å². The normalized spacial score (nSPS) is 10.6. The molecule has 2 aromatic rings. The molecular weight excluding hydrogens is 358 g/mol. The smallest absolute Gasteiger partial charge is 0.325 e. The predicted octanol–water partition coefficient (Wildman–Crippen LogP) is 3.23. The van der Waals surface area contributed by atoms with E-state index in [0.29, 0.717) is 11.5 Å². The average molecular weight is 383 g/mol. The number of carbonyl (C=O) groups excluding carboxylic acids is 2. The predicted molar refractivity (Wildman–Crippen MR) is 107 cm³/mol. The van der Waals surface area contributed by atoms with Gasteiger partial charge in [0.15, 0.2) is 0 Å². The molecule has 2 rings (SSSR count). The third-order valence-electron chi connectivity index (χ3n) is 4.14. The number of aryl methyl sites for hydroxylation is 1. The van der Waals surface area contributed by atoms with Crippen LogP contribution in [0.15, 0.2) is 48.5 Å². The maximum atomic E-state index is 12.7. The fourth-order valence-electron chi connectivity index (χ4n) is 2.56. The quantitative estimate of drug-likeness (QED) is 0.517. The zero-order valence-corrected chi connectivity index (χ0v) is 16.6. The van der Waals surface area contributed by atoms with Gasteiger partial charge < -0.3 is 19.1 Å². The van der Waals surface area contributed by atoms with Crippen molar-refractivity contribution >= 4 is 18.0 Å². The van der Waals surface area contributed by atoms with Crippen molar-refractivity contribution in [2.75, 3.05) is 27.9 Å². The minimum absolute atomic E-state index is 0.160. The molecule has 6 nitrogen and oxygen atoms in total. The van der Waals surface area contributed by atoms with Crippen LogP contribution in [0.1, 0.15) is 16.7 Å². The zero-order chi connectivity index (χ0) is 20.5. The lowest BCUT2D eigenvalue weighted by Crippen LogP contribution is -2.34. The second-order valence-corrected chi connectivity index (χ2v) is 6.24. The molecule has 0 saturated heterocycles. The fourth-order valence-corrected chi connectivity index (χ4v) is 2.56. The van der Waals surface area contributed by atoms with Crippen molar-refractivity contribution in [3.05, 3.63) is 65.2 Å². The molecule has 148 valence electrons. The molecule has 0 bridgehead atoms. The topological polar surface area (TPSA) is 65.1 Å². The van der Waals surface area contributed by atoms with E-state index in [0.717, 1.165) is 16.7 Å². The van der Waals surface area contributed by atoms with E-state index in [4.69, 9.17) is 14.2 Å². The largest absolute Gasteiger partial charge is 0.497 e. The van der Waals surface area contributed by atoms with Gasteiger partial charge in [0.25, 0.3) is 0 Å². The van der Waals surface area contributed by atoms with Gasteiger partial charge in [-0.3, -0.25) is 9.59 Å². The van der Waals surface area contributed by atoms with Gasteiger partial charge in [0.1, 0.15) is 18.0 Å². The number of methoxy groups -OCH3 is 3. The first-order valence-electron chi connectivity index (χ1n) is 8.77. The number of nitrogens with zero attached hydrogens (tertiary/aromatic N) is 1. The molecule has 0 aliphatic rings. The molecule has 0 radical (unpaired) electrons. The second kappa shape index (κ2) is 10.2. The van der Waals surface area contributed by atoms with Crippen LogP contribution < -0.4 is 9.47 Å². The van der Waals surface area contributed by atoms with E-state index >= 15 is 0 Å². The van der Waals surface area contributed by atoms with E-state index in [9.17, 15) is 9.59 Å². The number of amides is 1. The summed E-state index contributed by atoms with van der Waals surface area (Å²) in [5, 5.41) is 0. The lowest BCUT2D eigenvalue weighted by Gasteiger charge is -2.20. The molecule has 0 atom stereocenters. The molecule has 0 unspecified atom stereocenters. The highest BCUT2D eigenvalue weighted by Crippen LogP contribution is 2.23. The molecule has 0 heterocycles. The summed E-state index contributed by atoms with van der Waals surface area (Å²) in [6.45, 7) is 2.05. The number of benzene rings is 2. The van der Waals surface area contributed by atoms with Crippen LogP contribution in [0.2, 0.25) is 0 Å². The summed E-state index contributed by atoms with van der Waals surface area (Å²) in [6.07, 6.45) is 3.17. The Bertz CT molecular complexity index is 820. The van der Waals surface area contributed by atoms with Crippen LogP contribution in [-0.4, -0.2) is 44.7 Å². The van der Waals surface area contributed by atoms with Crippen LogP contribution in [0.25, 0.3) is 6.08 Å². The molecule has 1 amide bonds. The van der Waals surface area contributed by atoms with E-state index in [1.54, 1.807) is 38.5 Å². The van der Waals surface area contributed by atoms with Gasteiger partial charge in [0, 0.05) is 18.7 Å². The Hall–Kier alpha value is -3.28. The lowest BCUT2D eigenvalue weighted by atomic mass is 10.1. The highest BCUT2D eigenvalue weighted by atomic mass is 16.5. The lowest BCUT2D eigenvalue weighted by molar-refractivity contribution is -0.145. The van der Waals surface area contributed by atoms with Crippen LogP contribution in [0.4, 0.5) is 0 Å². The summed E-state index contributed by atoms with van der Waals surface area (Å²) in [4.78, 5) is 25.9. The SMILES string of the molecule is COC(=O)CN(Cc1cc(OC)cc(OC)c1)C(=O)/C=C/c1ccc(C)cc1. The van der Waals surface area contributed by atoms with Gasteiger partial charge in [-0.15, -0.1) is 0 Å². The Morgan fingerprint density at radius 3 is 2.11 bits per heavy atom. The number of esters is 1. The third kappa shape index (κ3) is 6.16. The van der Waals surface area contributed by atoms with Gasteiger partial charge in [-0.25, -0.2) is 0 Å². The minimum Gasteiger partial charge on any atom is -0.497 e.